The molecule has 0 saturated carbocycles. The zero-order chi connectivity index (χ0) is 6.99. The molecular weight excluding hydrogens is 232 g/mol. The van der Waals surface area contributed by atoms with Crippen LogP contribution in [0.1, 0.15) is 0 Å². The largest absolute Gasteiger partial charge is 0.197 e. The monoisotopic (exact) mass is 243 g/mol. The zero-order valence-corrected chi connectivity index (χ0v) is 8.53. The second kappa shape index (κ2) is 10.6. The van der Waals surface area contributed by atoms with Crippen LogP contribution in [-0.2, 0) is 0 Å². The van der Waals surface area contributed by atoms with Crippen LogP contribution in [0.2, 0.25) is 0 Å². The van der Waals surface area contributed by atoms with Crippen LogP contribution in [0.3, 0.4) is 0 Å². The van der Waals surface area contributed by atoms with E-state index in [-0.39, 0.29) is 0 Å². The Bertz CT molecular complexity index is 64.6. The van der Waals surface area contributed by atoms with Gasteiger partial charge in [-0.2, -0.15) is 5.26 Å². The van der Waals surface area contributed by atoms with Crippen molar-refractivity contribution in [3.8, 4) is 6.07 Å². The van der Waals surface area contributed by atoms with Crippen LogP contribution in [0.15, 0.2) is 0 Å². The van der Waals surface area contributed by atoms with E-state index in [1.54, 1.807) is 0 Å². The molecule has 0 aromatic carbocycles. The van der Waals surface area contributed by atoms with Crippen molar-refractivity contribution >= 4 is 30.5 Å². The first-order chi connectivity index (χ1) is 3.65. The maximum Gasteiger partial charge on any atom is 0.0870 e. The lowest BCUT2D eigenvalue weighted by atomic mass is 11.0. The van der Waals surface area contributed by atoms with E-state index >= 15 is 0 Å². The first-order valence-electron chi connectivity index (χ1n) is 2.19. The van der Waals surface area contributed by atoms with Gasteiger partial charge in [-0.1, -0.05) is 22.6 Å². The molecule has 0 fully saturated rings. The SMILES string of the molecule is CP(C)C.N#CCI. The summed E-state index contributed by atoms with van der Waals surface area (Å²) in [5, 5.41) is 7.62. The molecule has 0 aliphatic rings. The molecular formula is C5H11INP. The lowest BCUT2D eigenvalue weighted by Crippen LogP contribution is -1.48. The molecule has 0 aromatic heterocycles. The highest BCUT2D eigenvalue weighted by atomic mass is 127. The van der Waals surface area contributed by atoms with Crippen molar-refractivity contribution in [2.45, 2.75) is 0 Å². The second-order valence-corrected chi connectivity index (χ2v) is 5.08. The number of nitrogens with zero attached hydrogens (tertiary/aromatic N) is 1. The third-order valence-corrected chi connectivity index (χ3v) is 0.401. The van der Waals surface area contributed by atoms with Crippen molar-refractivity contribution in [2.75, 3.05) is 24.4 Å². The summed E-state index contributed by atoms with van der Waals surface area (Å²) >= 11 is 1.99. The van der Waals surface area contributed by atoms with Crippen molar-refractivity contribution in [2.24, 2.45) is 0 Å². The van der Waals surface area contributed by atoms with E-state index in [0.29, 0.717) is 12.3 Å². The Kier molecular flexibility index (Phi) is 15.2. The molecule has 3 heteroatoms. The molecule has 0 spiro atoms. The third kappa shape index (κ3) is 78.0. The Morgan fingerprint density at radius 2 is 1.62 bits per heavy atom. The summed E-state index contributed by atoms with van der Waals surface area (Å²) in [5.74, 6) is 0. The molecule has 0 N–H and O–H groups in total. The Balaban J connectivity index is 0. The normalized spacial score (nSPS) is 7.00. The Morgan fingerprint density at radius 3 is 1.62 bits per heavy atom. The molecule has 0 aliphatic heterocycles. The summed E-state index contributed by atoms with van der Waals surface area (Å²) in [5.41, 5.74) is 0. The molecule has 48 valence electrons. The van der Waals surface area contributed by atoms with E-state index in [9.17, 15) is 0 Å². The van der Waals surface area contributed by atoms with E-state index in [1.165, 1.54) is 0 Å². The van der Waals surface area contributed by atoms with Gasteiger partial charge in [-0.25, -0.2) is 0 Å². The van der Waals surface area contributed by atoms with E-state index in [1.807, 2.05) is 28.7 Å². The lowest BCUT2D eigenvalue weighted by molar-refractivity contribution is 1.51. The fraction of sp³-hybridized carbons (Fsp3) is 0.800. The fourth-order valence-corrected chi connectivity index (χ4v) is 0. The first-order valence-corrected chi connectivity index (χ1v) is 6.39. The van der Waals surface area contributed by atoms with Gasteiger partial charge in [0.25, 0.3) is 0 Å². The summed E-state index contributed by atoms with van der Waals surface area (Å²) in [6.45, 7) is 6.69. The van der Waals surface area contributed by atoms with Gasteiger partial charge in [0.1, 0.15) is 0 Å². The average molecular weight is 243 g/mol. The van der Waals surface area contributed by atoms with Crippen molar-refractivity contribution in [1.82, 2.24) is 0 Å². The number of hydrogen-bond donors (Lipinski definition) is 0. The predicted molar refractivity (Wildman–Crippen MR) is 49.2 cm³/mol. The van der Waals surface area contributed by atoms with E-state index < -0.39 is 0 Å². The molecule has 0 saturated heterocycles. The van der Waals surface area contributed by atoms with Gasteiger partial charge in [-0.3, -0.25) is 0 Å². The van der Waals surface area contributed by atoms with Gasteiger partial charge in [-0.15, -0.1) is 7.92 Å². The second-order valence-electron chi connectivity index (χ2n) is 1.63. The van der Waals surface area contributed by atoms with Gasteiger partial charge in [0, 0.05) is 0 Å². The minimum Gasteiger partial charge on any atom is -0.197 e. The van der Waals surface area contributed by atoms with Crippen molar-refractivity contribution in [3.63, 3.8) is 0 Å². The molecule has 0 amide bonds. The van der Waals surface area contributed by atoms with Crippen molar-refractivity contribution in [3.05, 3.63) is 0 Å². The molecule has 1 nitrogen and oxygen atoms in total. The minimum atomic E-state index is 0.380. The fourth-order valence-electron chi connectivity index (χ4n) is 0. The predicted octanol–water partition coefficient (Wildman–Crippen LogP) is 2.30. The highest BCUT2D eigenvalue weighted by Gasteiger charge is 1.65. The van der Waals surface area contributed by atoms with Crippen LogP contribution in [0.25, 0.3) is 0 Å². The highest BCUT2D eigenvalue weighted by Crippen LogP contribution is 2.14. The summed E-state index contributed by atoms with van der Waals surface area (Å²) in [4.78, 5) is 0. The average Bonchev–Trinajstić information content (AvgIpc) is 1.65. The minimum absolute atomic E-state index is 0.380. The van der Waals surface area contributed by atoms with Crippen LogP contribution < -0.4 is 0 Å². The number of nitriles is 1. The van der Waals surface area contributed by atoms with E-state index in [2.05, 4.69) is 20.0 Å². The molecule has 0 rings (SSSR count). The lowest BCUT2D eigenvalue weighted by Gasteiger charge is -1.81. The van der Waals surface area contributed by atoms with E-state index in [0.717, 1.165) is 0 Å². The molecule has 0 radical (unpaired) electrons. The topological polar surface area (TPSA) is 23.8 Å². The molecule has 0 unspecified atom stereocenters. The smallest absolute Gasteiger partial charge is 0.0870 e. The number of alkyl halides is 1. The molecule has 0 atom stereocenters. The Hall–Kier alpha value is 0.650. The first kappa shape index (κ1) is 11.4. The molecule has 8 heavy (non-hydrogen) atoms. The Labute approximate surface area is 66.4 Å². The van der Waals surface area contributed by atoms with Gasteiger partial charge in [0.15, 0.2) is 0 Å². The van der Waals surface area contributed by atoms with Gasteiger partial charge in [0.05, 0.1) is 10.5 Å². The molecule has 0 bridgehead atoms. The summed E-state index contributed by atoms with van der Waals surface area (Å²) in [6.07, 6.45) is 0. The van der Waals surface area contributed by atoms with Crippen molar-refractivity contribution < 1.29 is 0 Å². The maximum absolute atomic E-state index is 7.62. The van der Waals surface area contributed by atoms with Gasteiger partial charge < -0.3 is 0 Å². The van der Waals surface area contributed by atoms with Gasteiger partial charge in [0.2, 0.25) is 0 Å². The van der Waals surface area contributed by atoms with E-state index in [4.69, 9.17) is 5.26 Å². The number of rotatable bonds is 0. The maximum atomic E-state index is 7.62. The molecule has 0 heterocycles. The summed E-state index contributed by atoms with van der Waals surface area (Å²) in [7, 11) is 0.380. The van der Waals surface area contributed by atoms with Crippen LogP contribution in [0.5, 0.6) is 0 Å². The summed E-state index contributed by atoms with van der Waals surface area (Å²) in [6, 6.07) is 1.92. The van der Waals surface area contributed by atoms with Crippen LogP contribution >= 0.6 is 30.5 Å². The number of hydrogen-bond acceptors (Lipinski definition) is 1. The van der Waals surface area contributed by atoms with Crippen molar-refractivity contribution in [1.29, 1.82) is 5.26 Å². The summed E-state index contributed by atoms with van der Waals surface area (Å²) < 4.78 is 0.595. The quantitative estimate of drug-likeness (QED) is 0.364. The van der Waals surface area contributed by atoms with Crippen LogP contribution in [0, 0.1) is 11.3 Å². The van der Waals surface area contributed by atoms with Crippen LogP contribution in [0.4, 0.5) is 0 Å². The third-order valence-electron chi connectivity index (χ3n) is 0.0598. The Morgan fingerprint density at radius 1 is 1.50 bits per heavy atom. The van der Waals surface area contributed by atoms with Gasteiger partial charge >= 0.3 is 0 Å². The van der Waals surface area contributed by atoms with Crippen LogP contribution in [-0.4, -0.2) is 24.4 Å². The standard InChI is InChI=1S/C3H9P.C2H2IN/c1-4(2)3;3-1-2-4/h1-3H3;1H2. The van der Waals surface area contributed by atoms with Gasteiger partial charge in [-0.05, 0) is 20.0 Å². The molecule has 0 aliphatic carbocycles. The highest BCUT2D eigenvalue weighted by molar-refractivity contribution is 14.1. The number of halogens is 1. The zero-order valence-electron chi connectivity index (χ0n) is 5.48. The molecule has 0 aromatic rings.